The number of ether oxygens (including phenoxy) is 1. The molecule has 6 nitrogen and oxygen atoms in total. The Morgan fingerprint density at radius 2 is 2.06 bits per heavy atom. The molecule has 1 aliphatic carbocycles. The second-order valence-electron chi connectivity index (χ2n) is 10.3. The van der Waals surface area contributed by atoms with Crippen LogP contribution in [0.1, 0.15) is 75.9 Å². The molecule has 2 N–H and O–H groups in total. The number of hydroxylamine groups is 1. The lowest BCUT2D eigenvalue weighted by molar-refractivity contribution is -0.143. The highest BCUT2D eigenvalue weighted by Crippen LogP contribution is 2.42. The fourth-order valence-electron chi connectivity index (χ4n) is 5.92. The van der Waals surface area contributed by atoms with E-state index in [9.17, 15) is 10.0 Å². The number of carbonyl (C=O) groups excluding carboxylic acids is 1. The normalized spacial score (nSPS) is 20.0. The number of nitrogens with one attached hydrogen (secondary N) is 1. The van der Waals surface area contributed by atoms with Crippen LogP contribution in [0.3, 0.4) is 0 Å². The second-order valence-corrected chi connectivity index (χ2v) is 10.7. The van der Waals surface area contributed by atoms with E-state index in [2.05, 4.69) is 9.88 Å². The lowest BCUT2D eigenvalue weighted by Crippen LogP contribution is -2.48. The number of benzene rings is 1. The molecular formula is C27H37ClFN3O3. The van der Waals surface area contributed by atoms with Crippen LogP contribution >= 0.6 is 11.6 Å². The van der Waals surface area contributed by atoms with Crippen LogP contribution in [0.15, 0.2) is 24.4 Å². The van der Waals surface area contributed by atoms with E-state index in [4.69, 9.17) is 16.3 Å². The Balaban J connectivity index is 1.42. The molecule has 1 aliphatic heterocycles. The number of hydrogen-bond donors (Lipinski definition) is 2. The number of aromatic nitrogens is 1. The van der Waals surface area contributed by atoms with Gasteiger partial charge in [-0.25, -0.2) is 9.87 Å². The first-order chi connectivity index (χ1) is 17.0. The molecule has 1 aromatic heterocycles. The Morgan fingerprint density at radius 1 is 1.31 bits per heavy atom. The average molecular weight is 506 g/mol. The minimum absolute atomic E-state index is 0.130. The molecule has 0 radical (unpaired) electrons. The smallest absolute Gasteiger partial charge is 0.249 e. The number of pyridine rings is 1. The van der Waals surface area contributed by atoms with Crippen LogP contribution in [-0.4, -0.2) is 47.7 Å². The maximum Gasteiger partial charge on any atom is 0.249 e. The van der Waals surface area contributed by atoms with Crippen LogP contribution in [0, 0.1) is 11.3 Å². The lowest BCUT2D eigenvalue weighted by atomic mass is 9.73. The van der Waals surface area contributed by atoms with Gasteiger partial charge in [-0.05, 0) is 75.9 Å². The van der Waals surface area contributed by atoms with Gasteiger partial charge >= 0.3 is 0 Å². The Hall–Kier alpha value is -1.96. The Kier molecular flexibility index (Phi) is 8.84. The first-order valence-electron chi connectivity index (χ1n) is 12.9. The summed E-state index contributed by atoms with van der Waals surface area (Å²) in [5.41, 5.74) is 2.09. The van der Waals surface area contributed by atoms with Crippen molar-refractivity contribution in [1.29, 1.82) is 0 Å². The summed E-state index contributed by atoms with van der Waals surface area (Å²) in [5, 5.41) is 10.3. The number of halogens is 2. The third kappa shape index (κ3) is 6.07. The molecule has 2 heterocycles. The van der Waals surface area contributed by atoms with Gasteiger partial charge in [0.15, 0.2) is 0 Å². The van der Waals surface area contributed by atoms with Crippen LogP contribution in [0.5, 0.6) is 5.75 Å². The number of rotatable bonds is 9. The van der Waals surface area contributed by atoms with Crippen molar-refractivity contribution in [2.24, 2.45) is 11.3 Å². The van der Waals surface area contributed by atoms with E-state index in [0.29, 0.717) is 41.5 Å². The molecule has 2 aromatic rings. The van der Waals surface area contributed by atoms with Crippen molar-refractivity contribution in [2.45, 2.75) is 70.4 Å². The monoisotopic (exact) mass is 505 g/mol. The van der Waals surface area contributed by atoms with Gasteiger partial charge in [0.1, 0.15) is 11.9 Å². The molecule has 0 unspecified atom stereocenters. The van der Waals surface area contributed by atoms with Gasteiger partial charge in [0.2, 0.25) is 5.91 Å². The third-order valence-corrected chi connectivity index (χ3v) is 8.53. The number of alkyl halides is 1. The summed E-state index contributed by atoms with van der Waals surface area (Å²) in [4.78, 5) is 19.5. The minimum Gasteiger partial charge on any atom is -0.497 e. The number of piperidine rings is 1. The van der Waals surface area contributed by atoms with E-state index in [1.54, 1.807) is 25.3 Å². The zero-order chi connectivity index (χ0) is 24.8. The Labute approximate surface area is 212 Å². The summed E-state index contributed by atoms with van der Waals surface area (Å²) >= 11 is 6.39. The van der Waals surface area contributed by atoms with E-state index in [0.717, 1.165) is 25.6 Å². The molecule has 4 rings (SSSR count). The highest BCUT2D eigenvalue weighted by atomic mass is 35.5. The highest BCUT2D eigenvalue weighted by Gasteiger charge is 2.41. The molecule has 35 heavy (non-hydrogen) atoms. The topological polar surface area (TPSA) is 74.7 Å². The summed E-state index contributed by atoms with van der Waals surface area (Å²) in [6.45, 7) is 2.62. The van der Waals surface area contributed by atoms with Gasteiger partial charge in [0.25, 0.3) is 0 Å². The van der Waals surface area contributed by atoms with Crippen LogP contribution in [-0.2, 0) is 4.79 Å². The average Bonchev–Trinajstić information content (AvgIpc) is 2.90. The molecule has 1 atom stereocenters. The fourth-order valence-corrected chi connectivity index (χ4v) is 6.18. The van der Waals surface area contributed by atoms with Crippen molar-refractivity contribution >= 4 is 28.4 Å². The highest BCUT2D eigenvalue weighted by molar-refractivity contribution is 6.32. The molecule has 1 saturated carbocycles. The van der Waals surface area contributed by atoms with Gasteiger partial charge in [0.05, 0.1) is 23.1 Å². The number of carbonyl (C=O) groups is 1. The number of likely N-dealkylation sites (tertiary alicyclic amines) is 1. The molecule has 1 amide bonds. The van der Waals surface area contributed by atoms with E-state index >= 15 is 4.39 Å². The summed E-state index contributed by atoms with van der Waals surface area (Å²) in [7, 11) is 1.56. The predicted molar refractivity (Wildman–Crippen MR) is 136 cm³/mol. The van der Waals surface area contributed by atoms with Gasteiger partial charge in [-0.15, -0.1) is 0 Å². The SMILES string of the molecule is COc1ccc2ncc(Cl)c([C@H](F)CCC3(C(=O)NO)CCN(CCC4CCCCC4)CC3)c2c1. The Bertz CT molecular complexity index is 1010. The summed E-state index contributed by atoms with van der Waals surface area (Å²) < 4.78 is 21.0. The fraction of sp³-hybridized carbons (Fsp3) is 0.630. The van der Waals surface area contributed by atoms with Crippen molar-refractivity contribution in [1.82, 2.24) is 15.4 Å². The number of fused-ring (bicyclic) bond motifs is 1. The number of hydrogen-bond acceptors (Lipinski definition) is 5. The first kappa shape index (κ1) is 26.1. The van der Waals surface area contributed by atoms with Crippen molar-refractivity contribution in [3.8, 4) is 5.75 Å². The first-order valence-corrected chi connectivity index (χ1v) is 13.3. The van der Waals surface area contributed by atoms with Crippen LogP contribution in [0.25, 0.3) is 10.9 Å². The molecule has 2 aliphatic rings. The van der Waals surface area contributed by atoms with Gasteiger partial charge in [0, 0.05) is 17.1 Å². The summed E-state index contributed by atoms with van der Waals surface area (Å²) in [5.74, 6) is 1.01. The van der Waals surface area contributed by atoms with E-state index in [1.807, 2.05) is 5.48 Å². The predicted octanol–water partition coefficient (Wildman–Crippen LogP) is 6.25. The summed E-state index contributed by atoms with van der Waals surface area (Å²) in [6.07, 6.45) is 9.72. The maximum absolute atomic E-state index is 15.7. The minimum atomic E-state index is -1.37. The van der Waals surface area contributed by atoms with E-state index < -0.39 is 17.5 Å². The molecule has 1 aromatic carbocycles. The second kappa shape index (κ2) is 11.8. The van der Waals surface area contributed by atoms with Crippen LogP contribution < -0.4 is 10.2 Å². The number of methoxy groups -OCH3 is 1. The van der Waals surface area contributed by atoms with Gasteiger partial charge < -0.3 is 9.64 Å². The van der Waals surface area contributed by atoms with Gasteiger partial charge in [-0.2, -0.15) is 0 Å². The Morgan fingerprint density at radius 3 is 2.74 bits per heavy atom. The van der Waals surface area contributed by atoms with Gasteiger partial charge in [-0.3, -0.25) is 15.0 Å². The number of nitrogens with zero attached hydrogens (tertiary/aromatic N) is 2. The number of amides is 1. The molecular weight excluding hydrogens is 469 g/mol. The lowest BCUT2D eigenvalue weighted by Gasteiger charge is -2.41. The van der Waals surface area contributed by atoms with Crippen molar-refractivity contribution in [3.05, 3.63) is 35.0 Å². The molecule has 0 bridgehead atoms. The largest absolute Gasteiger partial charge is 0.497 e. The van der Waals surface area contributed by atoms with Crippen LogP contribution in [0.2, 0.25) is 5.02 Å². The van der Waals surface area contributed by atoms with E-state index in [-0.39, 0.29) is 11.4 Å². The zero-order valence-electron chi connectivity index (χ0n) is 20.6. The van der Waals surface area contributed by atoms with Crippen molar-refractivity contribution in [3.63, 3.8) is 0 Å². The molecule has 1 saturated heterocycles. The molecule has 8 heteroatoms. The third-order valence-electron chi connectivity index (χ3n) is 8.23. The maximum atomic E-state index is 15.7. The quantitative estimate of drug-likeness (QED) is 0.311. The zero-order valence-corrected chi connectivity index (χ0v) is 21.3. The molecule has 0 spiro atoms. The standard InChI is InChI=1S/C27H37ClFN3O3/c1-35-20-7-8-24-21(17-20)25(22(28)18-30-24)23(29)9-11-27(26(33)31-34)12-15-32(16-13-27)14-10-19-5-3-2-4-6-19/h7-8,17-19,23,34H,2-6,9-16H2,1H3,(H,31,33)/t23-/m1/s1. The van der Waals surface area contributed by atoms with Crippen molar-refractivity contribution < 1.29 is 19.1 Å². The van der Waals surface area contributed by atoms with Gasteiger partial charge in [-0.1, -0.05) is 43.7 Å². The molecule has 2 fully saturated rings. The molecule has 192 valence electrons. The van der Waals surface area contributed by atoms with E-state index in [1.165, 1.54) is 44.7 Å². The summed E-state index contributed by atoms with van der Waals surface area (Å²) in [6, 6.07) is 5.31. The van der Waals surface area contributed by atoms with Crippen molar-refractivity contribution in [2.75, 3.05) is 26.7 Å². The van der Waals surface area contributed by atoms with Crippen LogP contribution in [0.4, 0.5) is 4.39 Å².